The molecule has 2 amide bonds. The van der Waals surface area contributed by atoms with E-state index in [1.54, 1.807) is 30.3 Å². The number of benzene rings is 3. The van der Waals surface area contributed by atoms with Gasteiger partial charge in [0.25, 0.3) is 11.8 Å². The maximum absolute atomic E-state index is 13.6. The summed E-state index contributed by atoms with van der Waals surface area (Å²) in [6.45, 7) is 1.68. The summed E-state index contributed by atoms with van der Waals surface area (Å²) in [7, 11) is 0. The topological polar surface area (TPSA) is 125 Å². The molecule has 0 unspecified atom stereocenters. The second-order valence-corrected chi connectivity index (χ2v) is 12.1. The van der Waals surface area contributed by atoms with Gasteiger partial charge in [-0.15, -0.1) is 0 Å². The number of carboxylic acid groups (broad SMARTS) is 1. The third-order valence-electron chi connectivity index (χ3n) is 7.49. The van der Waals surface area contributed by atoms with Crippen LogP contribution in [0.4, 0.5) is 30.2 Å². The van der Waals surface area contributed by atoms with E-state index in [4.69, 9.17) is 5.11 Å². The van der Waals surface area contributed by atoms with E-state index >= 15 is 0 Å². The number of carbonyl (C=O) groups is 3. The van der Waals surface area contributed by atoms with E-state index in [2.05, 4.69) is 25.5 Å². The molecular weight excluding hydrogens is 631 g/mol. The van der Waals surface area contributed by atoms with Crippen LogP contribution in [0.3, 0.4) is 0 Å². The number of nitrogens with zero attached hydrogens (tertiary/aromatic N) is 3. The van der Waals surface area contributed by atoms with Gasteiger partial charge in [-0.3, -0.25) is 14.4 Å². The van der Waals surface area contributed by atoms with Crippen LogP contribution in [0, 0.1) is 0 Å². The number of alkyl halides is 3. The number of carbonyl (C=O) groups excluding carboxylic acids is 2. The summed E-state index contributed by atoms with van der Waals surface area (Å²) in [4.78, 5) is 48.3. The van der Waals surface area contributed by atoms with Crippen LogP contribution in [0.2, 0.25) is 0 Å². The molecule has 1 aliphatic rings. The molecule has 1 aromatic heterocycles. The molecule has 1 fully saturated rings. The van der Waals surface area contributed by atoms with Crippen molar-refractivity contribution in [3.05, 3.63) is 101 Å². The molecule has 9 nitrogen and oxygen atoms in total. The third kappa shape index (κ3) is 9.09. The highest BCUT2D eigenvalue weighted by atomic mass is 32.2. The predicted octanol–water partition coefficient (Wildman–Crippen LogP) is 7.37. The SMILES string of the molecule is O=C(O)CCSCc1cccc(C(=O)Nc2ccc(N3CCCCC3)cc2C(=O)Nc2cnc(-c3cccc(C(F)(F)F)c3)nc2)c1. The second-order valence-electron chi connectivity index (χ2n) is 11.0. The van der Waals surface area contributed by atoms with Crippen molar-refractivity contribution in [2.45, 2.75) is 37.6 Å². The Morgan fingerprint density at radius 3 is 2.34 bits per heavy atom. The smallest absolute Gasteiger partial charge is 0.416 e. The van der Waals surface area contributed by atoms with Gasteiger partial charge in [0, 0.05) is 41.4 Å². The van der Waals surface area contributed by atoms with Crippen LogP contribution in [-0.4, -0.2) is 51.7 Å². The van der Waals surface area contributed by atoms with E-state index in [0.717, 1.165) is 55.7 Å². The van der Waals surface area contributed by atoms with Gasteiger partial charge >= 0.3 is 12.1 Å². The van der Waals surface area contributed by atoms with Gasteiger partial charge in [-0.1, -0.05) is 24.3 Å². The number of halogens is 3. The number of hydrogen-bond acceptors (Lipinski definition) is 7. The minimum absolute atomic E-state index is 0.0508. The molecule has 4 aromatic rings. The average Bonchev–Trinajstić information content (AvgIpc) is 3.07. The first-order valence-corrected chi connectivity index (χ1v) is 16.1. The summed E-state index contributed by atoms with van der Waals surface area (Å²) in [5.74, 6) is -0.754. The number of aromatic nitrogens is 2. The lowest BCUT2D eigenvalue weighted by molar-refractivity contribution is -0.138. The summed E-state index contributed by atoms with van der Waals surface area (Å²) in [5.41, 5.74) is 2.16. The second kappa shape index (κ2) is 15.1. The molecule has 1 saturated heterocycles. The number of rotatable bonds is 11. The Morgan fingerprint density at radius 2 is 1.62 bits per heavy atom. The summed E-state index contributed by atoms with van der Waals surface area (Å²) >= 11 is 1.46. The Kier molecular flexibility index (Phi) is 10.8. The summed E-state index contributed by atoms with van der Waals surface area (Å²) in [6.07, 6.45) is 1.35. The molecule has 0 saturated carbocycles. The van der Waals surface area contributed by atoms with Gasteiger partial charge in [-0.05, 0) is 67.3 Å². The van der Waals surface area contributed by atoms with Crippen molar-refractivity contribution in [2.24, 2.45) is 0 Å². The standard InChI is InChI=1S/C34H32F3N5O4S/c35-34(36,37)25-9-5-7-23(17-25)31-38-19-26(20-39-31)40-33(46)28-18-27(42-13-2-1-3-14-42)10-11-29(28)41-32(45)24-8-4-6-22(16-24)21-47-15-12-30(43)44/h4-11,16-20H,1-3,12-15,21H2,(H,40,46)(H,41,45)(H,43,44). The maximum atomic E-state index is 13.6. The molecule has 0 bridgehead atoms. The van der Waals surface area contributed by atoms with Crippen LogP contribution in [0.1, 0.15) is 57.5 Å². The summed E-state index contributed by atoms with van der Waals surface area (Å²) in [5, 5.41) is 14.5. The summed E-state index contributed by atoms with van der Waals surface area (Å²) < 4.78 is 39.5. The molecule has 47 heavy (non-hydrogen) atoms. The number of piperidine rings is 1. The number of anilines is 3. The highest BCUT2D eigenvalue weighted by Gasteiger charge is 2.30. The first-order chi connectivity index (χ1) is 22.6. The highest BCUT2D eigenvalue weighted by molar-refractivity contribution is 7.98. The molecule has 0 atom stereocenters. The quantitative estimate of drug-likeness (QED) is 0.142. The van der Waals surface area contributed by atoms with Crippen LogP contribution >= 0.6 is 11.8 Å². The lowest BCUT2D eigenvalue weighted by Gasteiger charge is -2.29. The summed E-state index contributed by atoms with van der Waals surface area (Å²) in [6, 6.07) is 16.9. The van der Waals surface area contributed by atoms with Crippen molar-refractivity contribution in [1.82, 2.24) is 9.97 Å². The van der Waals surface area contributed by atoms with Gasteiger partial charge in [-0.2, -0.15) is 24.9 Å². The molecule has 0 radical (unpaired) electrons. The molecule has 3 aromatic carbocycles. The largest absolute Gasteiger partial charge is 0.481 e. The molecule has 2 heterocycles. The van der Waals surface area contributed by atoms with Crippen molar-refractivity contribution >= 4 is 46.6 Å². The molecule has 5 rings (SSSR count). The number of carboxylic acids is 1. The van der Waals surface area contributed by atoms with Crippen LogP contribution in [0.15, 0.2) is 79.1 Å². The number of aliphatic carboxylic acids is 1. The lowest BCUT2D eigenvalue weighted by Crippen LogP contribution is -2.29. The molecule has 13 heteroatoms. The molecule has 3 N–H and O–H groups in total. The minimum Gasteiger partial charge on any atom is -0.481 e. The third-order valence-corrected chi connectivity index (χ3v) is 8.52. The van der Waals surface area contributed by atoms with Crippen LogP contribution in [0.25, 0.3) is 11.4 Å². The predicted molar refractivity (Wildman–Crippen MR) is 176 cm³/mol. The molecule has 244 valence electrons. The van der Waals surface area contributed by atoms with Crippen molar-refractivity contribution in [3.8, 4) is 11.4 Å². The van der Waals surface area contributed by atoms with E-state index < -0.39 is 29.5 Å². The van der Waals surface area contributed by atoms with Crippen molar-refractivity contribution in [1.29, 1.82) is 0 Å². The fourth-order valence-corrected chi connectivity index (χ4v) is 5.98. The Labute approximate surface area is 273 Å². The van der Waals surface area contributed by atoms with Gasteiger partial charge in [-0.25, -0.2) is 9.97 Å². The Morgan fingerprint density at radius 1 is 0.872 bits per heavy atom. The van der Waals surface area contributed by atoms with E-state index in [-0.39, 0.29) is 34.7 Å². The van der Waals surface area contributed by atoms with Gasteiger partial charge in [0.2, 0.25) is 0 Å². The number of amides is 2. The zero-order valence-electron chi connectivity index (χ0n) is 25.2. The fraction of sp³-hybridized carbons (Fsp3) is 0.265. The van der Waals surface area contributed by atoms with Crippen molar-refractivity contribution in [3.63, 3.8) is 0 Å². The lowest BCUT2D eigenvalue weighted by atomic mass is 10.1. The van der Waals surface area contributed by atoms with Gasteiger partial charge < -0.3 is 20.6 Å². The monoisotopic (exact) mass is 663 g/mol. The molecular formula is C34H32F3N5O4S. The fourth-order valence-electron chi connectivity index (χ4n) is 5.10. The van der Waals surface area contributed by atoms with E-state index in [9.17, 15) is 27.6 Å². The van der Waals surface area contributed by atoms with E-state index in [1.165, 1.54) is 36.3 Å². The first-order valence-electron chi connectivity index (χ1n) is 15.0. The number of hydrogen-bond donors (Lipinski definition) is 3. The normalized spacial score (nSPS) is 13.2. The highest BCUT2D eigenvalue weighted by Crippen LogP contribution is 2.32. The van der Waals surface area contributed by atoms with Gasteiger partial charge in [0.1, 0.15) is 0 Å². The molecule has 0 spiro atoms. The van der Waals surface area contributed by atoms with Crippen molar-refractivity contribution < 1.29 is 32.7 Å². The number of nitrogens with one attached hydrogen (secondary N) is 2. The van der Waals surface area contributed by atoms with Gasteiger partial charge in [0.15, 0.2) is 5.82 Å². The Hall–Kier alpha value is -4.91. The van der Waals surface area contributed by atoms with E-state index in [1.807, 2.05) is 12.1 Å². The number of thioether (sulfide) groups is 1. The maximum Gasteiger partial charge on any atom is 0.416 e. The zero-order chi connectivity index (χ0) is 33.4. The first kappa shape index (κ1) is 33.5. The van der Waals surface area contributed by atoms with Crippen LogP contribution in [-0.2, 0) is 16.7 Å². The Balaban J connectivity index is 1.34. The molecule has 1 aliphatic heterocycles. The van der Waals surface area contributed by atoms with Crippen LogP contribution in [0.5, 0.6) is 0 Å². The zero-order valence-corrected chi connectivity index (χ0v) is 26.0. The minimum atomic E-state index is -4.51. The van der Waals surface area contributed by atoms with E-state index in [0.29, 0.717) is 17.1 Å². The van der Waals surface area contributed by atoms with Gasteiger partial charge in [0.05, 0.1) is 41.3 Å². The molecule has 0 aliphatic carbocycles. The Bertz CT molecular complexity index is 1740. The average molecular weight is 664 g/mol. The van der Waals surface area contributed by atoms with Crippen LogP contribution < -0.4 is 15.5 Å². The van der Waals surface area contributed by atoms with Crippen molar-refractivity contribution in [2.75, 3.05) is 34.4 Å².